The molecule has 0 aromatic carbocycles. The molecule has 2 N–H and O–H groups in total. The Labute approximate surface area is 103 Å². The molecule has 0 saturated heterocycles. The van der Waals surface area contributed by atoms with Crippen molar-refractivity contribution in [3.05, 3.63) is 22.4 Å². The highest BCUT2D eigenvalue weighted by Crippen LogP contribution is 2.08. The third-order valence-corrected chi connectivity index (χ3v) is 3.57. The largest absolute Gasteiger partial charge is 0.279 e. The Bertz CT molecular complexity index is 350. The standard InChI is InChI=1S/C10H14N2O2S2/c1-7(2)16-6-9(13)11-12-10(14)8-4-3-5-15-8/h3-5,7H,6H2,1-2H3,(H,11,13)(H,12,14). The quantitative estimate of drug-likeness (QED) is 0.807. The van der Waals surface area contributed by atoms with Crippen molar-refractivity contribution in [2.24, 2.45) is 0 Å². The highest BCUT2D eigenvalue weighted by atomic mass is 32.2. The smallest absolute Gasteiger partial charge is 0.272 e. The van der Waals surface area contributed by atoms with Crippen LogP contribution in [0.25, 0.3) is 0 Å². The van der Waals surface area contributed by atoms with Gasteiger partial charge in [0.1, 0.15) is 0 Å². The predicted octanol–water partition coefficient (Wildman–Crippen LogP) is 1.65. The Balaban J connectivity index is 2.24. The second-order valence-corrected chi connectivity index (χ2v) is 5.85. The Morgan fingerprint density at radius 1 is 1.44 bits per heavy atom. The summed E-state index contributed by atoms with van der Waals surface area (Å²) < 4.78 is 0. The number of thiophene rings is 1. The molecular weight excluding hydrogens is 244 g/mol. The van der Waals surface area contributed by atoms with E-state index in [1.54, 1.807) is 12.1 Å². The van der Waals surface area contributed by atoms with Gasteiger partial charge in [0.05, 0.1) is 10.6 Å². The number of nitrogens with one attached hydrogen (secondary N) is 2. The third kappa shape index (κ3) is 4.67. The molecule has 0 saturated carbocycles. The predicted molar refractivity (Wildman–Crippen MR) is 67.5 cm³/mol. The molecule has 0 bridgehead atoms. The average Bonchev–Trinajstić information content (AvgIpc) is 2.76. The second-order valence-electron chi connectivity index (χ2n) is 3.34. The lowest BCUT2D eigenvalue weighted by Gasteiger charge is -2.07. The molecule has 0 spiro atoms. The van der Waals surface area contributed by atoms with Crippen molar-refractivity contribution < 1.29 is 9.59 Å². The zero-order valence-electron chi connectivity index (χ0n) is 9.15. The maximum atomic E-state index is 11.4. The van der Waals surface area contributed by atoms with Crippen molar-refractivity contribution in [1.29, 1.82) is 0 Å². The number of hydrogen-bond donors (Lipinski definition) is 2. The van der Waals surface area contributed by atoms with E-state index in [1.165, 1.54) is 23.1 Å². The monoisotopic (exact) mass is 258 g/mol. The Hall–Kier alpha value is -1.01. The van der Waals surface area contributed by atoms with Crippen molar-refractivity contribution in [1.82, 2.24) is 10.9 Å². The van der Waals surface area contributed by atoms with Crippen LogP contribution in [0.3, 0.4) is 0 Å². The van der Waals surface area contributed by atoms with Crippen LogP contribution >= 0.6 is 23.1 Å². The number of thioether (sulfide) groups is 1. The molecule has 16 heavy (non-hydrogen) atoms. The third-order valence-electron chi connectivity index (χ3n) is 1.61. The Kier molecular flexibility index (Phi) is 5.34. The van der Waals surface area contributed by atoms with E-state index in [1.807, 2.05) is 19.2 Å². The summed E-state index contributed by atoms with van der Waals surface area (Å²) in [5, 5.41) is 2.21. The number of hydrazine groups is 1. The van der Waals surface area contributed by atoms with E-state index in [0.29, 0.717) is 15.9 Å². The van der Waals surface area contributed by atoms with Crippen LogP contribution in [0.5, 0.6) is 0 Å². The van der Waals surface area contributed by atoms with Crippen LogP contribution < -0.4 is 10.9 Å². The second kappa shape index (κ2) is 6.55. The van der Waals surface area contributed by atoms with Gasteiger partial charge in [-0.15, -0.1) is 23.1 Å². The van der Waals surface area contributed by atoms with Crippen molar-refractivity contribution in [3.8, 4) is 0 Å². The highest BCUT2D eigenvalue weighted by molar-refractivity contribution is 8.00. The summed E-state index contributed by atoms with van der Waals surface area (Å²) in [5.41, 5.74) is 4.74. The minimum absolute atomic E-state index is 0.191. The summed E-state index contributed by atoms with van der Waals surface area (Å²) in [4.78, 5) is 23.3. The molecule has 0 aliphatic rings. The molecule has 2 amide bonds. The lowest BCUT2D eigenvalue weighted by molar-refractivity contribution is -0.119. The van der Waals surface area contributed by atoms with Crippen LogP contribution in [0.2, 0.25) is 0 Å². The van der Waals surface area contributed by atoms with Gasteiger partial charge >= 0.3 is 0 Å². The van der Waals surface area contributed by atoms with Crippen molar-refractivity contribution in [2.45, 2.75) is 19.1 Å². The maximum absolute atomic E-state index is 11.4. The van der Waals surface area contributed by atoms with Gasteiger partial charge < -0.3 is 0 Å². The number of carbonyl (C=O) groups excluding carboxylic acids is 2. The van der Waals surface area contributed by atoms with Gasteiger partial charge in [-0.05, 0) is 16.7 Å². The van der Waals surface area contributed by atoms with Gasteiger partial charge in [0, 0.05) is 0 Å². The fraction of sp³-hybridized carbons (Fsp3) is 0.400. The van der Waals surface area contributed by atoms with Crippen molar-refractivity contribution in [3.63, 3.8) is 0 Å². The maximum Gasteiger partial charge on any atom is 0.279 e. The number of rotatable bonds is 4. The van der Waals surface area contributed by atoms with Crippen molar-refractivity contribution in [2.75, 3.05) is 5.75 Å². The molecular formula is C10H14N2O2S2. The van der Waals surface area contributed by atoms with E-state index in [9.17, 15) is 9.59 Å². The van der Waals surface area contributed by atoms with Crippen LogP contribution in [0.15, 0.2) is 17.5 Å². The first-order chi connectivity index (χ1) is 7.59. The number of carbonyl (C=O) groups is 2. The van der Waals surface area contributed by atoms with Crippen LogP contribution in [0.1, 0.15) is 23.5 Å². The molecule has 1 aromatic rings. The van der Waals surface area contributed by atoms with E-state index in [-0.39, 0.29) is 11.8 Å². The normalized spacial score (nSPS) is 10.2. The molecule has 0 unspecified atom stereocenters. The SMILES string of the molecule is CC(C)SCC(=O)NNC(=O)c1cccs1. The minimum atomic E-state index is -0.280. The molecule has 0 atom stereocenters. The molecule has 88 valence electrons. The van der Waals surface area contributed by atoms with Crippen LogP contribution in [-0.2, 0) is 4.79 Å². The summed E-state index contributed by atoms with van der Waals surface area (Å²) in [6, 6.07) is 3.49. The average molecular weight is 258 g/mol. The lowest BCUT2D eigenvalue weighted by atomic mass is 10.4. The van der Waals surface area contributed by atoms with E-state index in [0.717, 1.165) is 0 Å². The zero-order valence-corrected chi connectivity index (χ0v) is 10.8. The molecule has 0 aliphatic carbocycles. The minimum Gasteiger partial charge on any atom is -0.272 e. The van der Waals surface area contributed by atoms with Gasteiger partial charge in [-0.1, -0.05) is 19.9 Å². The van der Waals surface area contributed by atoms with E-state index < -0.39 is 0 Å². The first-order valence-electron chi connectivity index (χ1n) is 4.84. The van der Waals surface area contributed by atoms with Crippen LogP contribution in [-0.4, -0.2) is 22.8 Å². The summed E-state index contributed by atoms with van der Waals surface area (Å²) >= 11 is 2.86. The van der Waals surface area contributed by atoms with E-state index in [4.69, 9.17) is 0 Å². The van der Waals surface area contributed by atoms with Gasteiger partial charge in [-0.25, -0.2) is 0 Å². The van der Waals surface area contributed by atoms with Gasteiger partial charge in [0.15, 0.2) is 0 Å². The summed E-state index contributed by atoms with van der Waals surface area (Å²) in [6.45, 7) is 4.03. The van der Waals surface area contributed by atoms with E-state index >= 15 is 0 Å². The fourth-order valence-corrected chi connectivity index (χ4v) is 2.05. The zero-order chi connectivity index (χ0) is 12.0. The molecule has 0 radical (unpaired) electrons. The fourth-order valence-electron chi connectivity index (χ4n) is 0.874. The first kappa shape index (κ1) is 13.1. The Morgan fingerprint density at radius 2 is 2.19 bits per heavy atom. The molecule has 1 rings (SSSR count). The summed E-state index contributed by atoms with van der Waals surface area (Å²) in [5.74, 6) is -0.121. The van der Waals surface area contributed by atoms with Gasteiger partial charge in [-0.3, -0.25) is 20.4 Å². The van der Waals surface area contributed by atoms with Gasteiger partial charge in [0.25, 0.3) is 5.91 Å². The van der Waals surface area contributed by atoms with E-state index in [2.05, 4.69) is 10.9 Å². The lowest BCUT2D eigenvalue weighted by Crippen LogP contribution is -2.42. The molecule has 1 aromatic heterocycles. The molecule has 0 fully saturated rings. The molecule has 0 aliphatic heterocycles. The van der Waals surface area contributed by atoms with Gasteiger partial charge in [0.2, 0.25) is 5.91 Å². The Morgan fingerprint density at radius 3 is 2.75 bits per heavy atom. The summed E-state index contributed by atoms with van der Waals surface area (Å²) in [7, 11) is 0. The van der Waals surface area contributed by atoms with Crippen molar-refractivity contribution >= 4 is 34.9 Å². The van der Waals surface area contributed by atoms with Crippen LogP contribution in [0, 0.1) is 0 Å². The molecule has 1 heterocycles. The topological polar surface area (TPSA) is 58.2 Å². The number of hydrogen-bond acceptors (Lipinski definition) is 4. The molecule has 4 nitrogen and oxygen atoms in total. The van der Waals surface area contributed by atoms with Gasteiger partial charge in [-0.2, -0.15) is 0 Å². The first-order valence-corrected chi connectivity index (χ1v) is 6.76. The van der Waals surface area contributed by atoms with Crippen LogP contribution in [0.4, 0.5) is 0 Å². The number of amides is 2. The highest BCUT2D eigenvalue weighted by Gasteiger charge is 2.08. The summed E-state index contributed by atoms with van der Waals surface area (Å²) in [6.07, 6.45) is 0. The molecule has 6 heteroatoms.